The van der Waals surface area contributed by atoms with Crippen molar-refractivity contribution in [2.75, 3.05) is 5.32 Å². The Hall–Kier alpha value is -2.10. The van der Waals surface area contributed by atoms with Gasteiger partial charge in [-0.05, 0) is 49.1 Å². The van der Waals surface area contributed by atoms with Crippen LogP contribution >= 0.6 is 0 Å². The van der Waals surface area contributed by atoms with Crippen LogP contribution < -0.4 is 5.32 Å². The summed E-state index contributed by atoms with van der Waals surface area (Å²) in [5, 5.41) is 11.4. The molecule has 1 aromatic carbocycles. The van der Waals surface area contributed by atoms with Gasteiger partial charge in [-0.2, -0.15) is 0 Å². The number of carbonyl (C=O) groups is 2. The molecule has 4 nitrogen and oxygen atoms in total. The van der Waals surface area contributed by atoms with E-state index in [-0.39, 0.29) is 11.8 Å². The number of carbonyl (C=O) groups excluding carboxylic acids is 1. The summed E-state index contributed by atoms with van der Waals surface area (Å²) in [7, 11) is 0. The van der Waals surface area contributed by atoms with E-state index in [0.717, 1.165) is 35.7 Å². The fraction of sp³-hybridized carbons (Fsp3) is 0.286. The van der Waals surface area contributed by atoms with Crippen molar-refractivity contribution in [2.24, 2.45) is 5.92 Å². The smallest absolute Gasteiger partial charge is 0.328 e. The maximum absolute atomic E-state index is 11.6. The Morgan fingerprint density at radius 3 is 2.67 bits per heavy atom. The highest BCUT2D eigenvalue weighted by molar-refractivity contribution is 5.94. The van der Waals surface area contributed by atoms with Crippen LogP contribution in [0.2, 0.25) is 0 Å². The lowest BCUT2D eigenvalue weighted by Gasteiger charge is -2.08. The minimum atomic E-state index is -0.973. The molecule has 1 fully saturated rings. The zero-order chi connectivity index (χ0) is 13.1. The number of nitrogens with one attached hydrogen (secondary N) is 1. The second-order valence-electron chi connectivity index (χ2n) is 4.51. The van der Waals surface area contributed by atoms with Crippen LogP contribution in [0.25, 0.3) is 6.08 Å². The lowest BCUT2D eigenvalue weighted by molar-refractivity contribution is -0.131. The van der Waals surface area contributed by atoms with Gasteiger partial charge in [-0.15, -0.1) is 0 Å². The van der Waals surface area contributed by atoms with Gasteiger partial charge in [0.2, 0.25) is 5.91 Å². The minimum Gasteiger partial charge on any atom is -0.478 e. The van der Waals surface area contributed by atoms with Crippen molar-refractivity contribution in [2.45, 2.75) is 19.8 Å². The van der Waals surface area contributed by atoms with E-state index in [4.69, 9.17) is 5.11 Å². The first-order valence-electron chi connectivity index (χ1n) is 5.89. The molecule has 1 aromatic rings. The average Bonchev–Trinajstić information content (AvgIpc) is 3.13. The number of amides is 1. The molecule has 0 saturated heterocycles. The van der Waals surface area contributed by atoms with Crippen molar-refractivity contribution in [1.82, 2.24) is 0 Å². The second-order valence-corrected chi connectivity index (χ2v) is 4.51. The summed E-state index contributed by atoms with van der Waals surface area (Å²) >= 11 is 0. The van der Waals surface area contributed by atoms with Gasteiger partial charge < -0.3 is 10.4 Å². The maximum Gasteiger partial charge on any atom is 0.328 e. The summed E-state index contributed by atoms with van der Waals surface area (Å²) in [6.45, 7) is 1.89. The Morgan fingerprint density at radius 2 is 2.11 bits per heavy atom. The molecular weight excluding hydrogens is 230 g/mol. The Bertz CT molecular complexity index is 516. The normalized spacial score (nSPS) is 14.7. The molecule has 2 N–H and O–H groups in total. The van der Waals surface area contributed by atoms with Gasteiger partial charge in [0.1, 0.15) is 0 Å². The molecule has 0 spiro atoms. The number of benzene rings is 1. The SMILES string of the molecule is Cc1cc(C=CC(=O)O)ccc1NC(=O)C1CC1. The van der Waals surface area contributed by atoms with Crippen LogP contribution in [0.1, 0.15) is 24.0 Å². The summed E-state index contributed by atoms with van der Waals surface area (Å²) in [5.74, 6) is -0.721. The predicted octanol–water partition coefficient (Wildman–Crippen LogP) is 2.44. The number of carboxylic acid groups (broad SMARTS) is 1. The molecule has 2 rings (SSSR count). The van der Waals surface area contributed by atoms with Gasteiger partial charge in [-0.3, -0.25) is 4.79 Å². The summed E-state index contributed by atoms with van der Waals surface area (Å²) in [5.41, 5.74) is 2.52. The summed E-state index contributed by atoms with van der Waals surface area (Å²) in [6, 6.07) is 5.44. The number of aliphatic carboxylic acids is 1. The zero-order valence-corrected chi connectivity index (χ0v) is 10.1. The zero-order valence-electron chi connectivity index (χ0n) is 10.1. The third-order valence-corrected chi connectivity index (χ3v) is 2.87. The first-order chi connectivity index (χ1) is 8.56. The number of carboxylic acids is 1. The maximum atomic E-state index is 11.6. The second kappa shape index (κ2) is 5.04. The molecule has 1 aliphatic rings. The molecule has 0 aliphatic heterocycles. The van der Waals surface area contributed by atoms with E-state index < -0.39 is 5.97 Å². The van der Waals surface area contributed by atoms with Gasteiger partial charge >= 0.3 is 5.97 Å². The van der Waals surface area contributed by atoms with E-state index in [2.05, 4.69) is 5.32 Å². The molecule has 0 heterocycles. The standard InChI is InChI=1S/C14H15NO3/c1-9-8-10(3-7-13(16)17)2-6-12(9)15-14(18)11-4-5-11/h2-3,6-8,11H,4-5H2,1H3,(H,15,18)(H,16,17). The molecule has 0 aromatic heterocycles. The van der Waals surface area contributed by atoms with E-state index in [1.807, 2.05) is 13.0 Å². The van der Waals surface area contributed by atoms with Crippen molar-refractivity contribution in [3.05, 3.63) is 35.4 Å². The van der Waals surface area contributed by atoms with Gasteiger partial charge in [0.05, 0.1) is 0 Å². The van der Waals surface area contributed by atoms with E-state index in [9.17, 15) is 9.59 Å². The molecule has 1 aliphatic carbocycles. The predicted molar refractivity (Wildman–Crippen MR) is 69.2 cm³/mol. The fourth-order valence-corrected chi connectivity index (χ4v) is 1.68. The van der Waals surface area contributed by atoms with Crippen LogP contribution in [0.4, 0.5) is 5.69 Å². The summed E-state index contributed by atoms with van der Waals surface area (Å²) in [4.78, 5) is 22.0. The lowest BCUT2D eigenvalue weighted by Crippen LogP contribution is -2.14. The van der Waals surface area contributed by atoms with Gasteiger partial charge in [0.15, 0.2) is 0 Å². The Morgan fingerprint density at radius 1 is 1.39 bits per heavy atom. The van der Waals surface area contributed by atoms with Gasteiger partial charge in [0.25, 0.3) is 0 Å². The van der Waals surface area contributed by atoms with Crippen LogP contribution in [-0.2, 0) is 9.59 Å². The van der Waals surface area contributed by atoms with E-state index in [1.165, 1.54) is 6.08 Å². The summed E-state index contributed by atoms with van der Waals surface area (Å²) < 4.78 is 0. The quantitative estimate of drug-likeness (QED) is 0.801. The van der Waals surface area contributed by atoms with Crippen LogP contribution in [0.15, 0.2) is 24.3 Å². The first-order valence-corrected chi connectivity index (χ1v) is 5.89. The van der Waals surface area contributed by atoms with Gasteiger partial charge in [0, 0.05) is 17.7 Å². The summed E-state index contributed by atoms with van der Waals surface area (Å²) in [6.07, 6.45) is 4.58. The monoisotopic (exact) mass is 245 g/mol. The topological polar surface area (TPSA) is 66.4 Å². The minimum absolute atomic E-state index is 0.0759. The molecule has 1 saturated carbocycles. The lowest BCUT2D eigenvalue weighted by atomic mass is 10.1. The molecule has 1 amide bonds. The molecular formula is C14H15NO3. The van der Waals surface area contributed by atoms with Crippen molar-refractivity contribution in [3.8, 4) is 0 Å². The van der Waals surface area contributed by atoms with Crippen molar-refractivity contribution in [3.63, 3.8) is 0 Å². The molecule has 0 unspecified atom stereocenters. The van der Waals surface area contributed by atoms with Crippen molar-refractivity contribution in [1.29, 1.82) is 0 Å². The molecule has 94 valence electrons. The van der Waals surface area contributed by atoms with Crippen LogP contribution in [-0.4, -0.2) is 17.0 Å². The van der Waals surface area contributed by atoms with Crippen molar-refractivity contribution >= 4 is 23.6 Å². The molecule has 0 bridgehead atoms. The number of hydrogen-bond acceptors (Lipinski definition) is 2. The van der Waals surface area contributed by atoms with Crippen LogP contribution in [0, 0.1) is 12.8 Å². The van der Waals surface area contributed by atoms with Gasteiger partial charge in [-0.25, -0.2) is 4.79 Å². The van der Waals surface area contributed by atoms with E-state index >= 15 is 0 Å². The Labute approximate surface area is 105 Å². The highest BCUT2D eigenvalue weighted by Gasteiger charge is 2.29. The largest absolute Gasteiger partial charge is 0.478 e. The van der Waals surface area contributed by atoms with E-state index in [0.29, 0.717) is 0 Å². The van der Waals surface area contributed by atoms with Gasteiger partial charge in [-0.1, -0.05) is 6.07 Å². The highest BCUT2D eigenvalue weighted by Crippen LogP contribution is 2.30. The Kier molecular flexibility index (Phi) is 3.46. The Balaban J connectivity index is 2.09. The fourth-order valence-electron chi connectivity index (χ4n) is 1.68. The average molecular weight is 245 g/mol. The number of aryl methyl sites for hydroxylation is 1. The van der Waals surface area contributed by atoms with Crippen LogP contribution in [0.3, 0.4) is 0 Å². The molecule has 0 atom stereocenters. The number of anilines is 1. The molecule has 4 heteroatoms. The number of hydrogen-bond donors (Lipinski definition) is 2. The molecule has 18 heavy (non-hydrogen) atoms. The highest BCUT2D eigenvalue weighted by atomic mass is 16.4. The number of rotatable bonds is 4. The third kappa shape index (κ3) is 3.20. The molecule has 0 radical (unpaired) electrons. The first kappa shape index (κ1) is 12.4. The van der Waals surface area contributed by atoms with E-state index in [1.54, 1.807) is 12.1 Å². The van der Waals surface area contributed by atoms with Crippen molar-refractivity contribution < 1.29 is 14.7 Å². The third-order valence-electron chi connectivity index (χ3n) is 2.87. The van der Waals surface area contributed by atoms with Crippen LogP contribution in [0.5, 0.6) is 0 Å².